The van der Waals surface area contributed by atoms with E-state index in [-0.39, 0.29) is 17.8 Å². The molecule has 1 N–H and O–H groups in total. The van der Waals surface area contributed by atoms with Gasteiger partial charge in [0, 0.05) is 12.6 Å². The maximum atomic E-state index is 13.7. The third-order valence-electron chi connectivity index (χ3n) is 4.69. The summed E-state index contributed by atoms with van der Waals surface area (Å²) in [6.07, 6.45) is 2.35. The monoisotopic (exact) mass is 304 g/mol. The summed E-state index contributed by atoms with van der Waals surface area (Å²) in [6.45, 7) is 3.27. The van der Waals surface area contributed by atoms with E-state index in [1.54, 1.807) is 12.1 Å². The smallest absolute Gasteiger partial charge is 0.261 e. The number of piperidine rings is 3. The summed E-state index contributed by atoms with van der Waals surface area (Å²) >= 11 is 1.24. The Hall–Kier alpha value is -1.46. The van der Waals surface area contributed by atoms with Crippen LogP contribution in [0, 0.1) is 11.7 Å². The largest absolute Gasteiger partial charge is 0.347 e. The number of carbonyl (C=O) groups is 1. The van der Waals surface area contributed by atoms with Gasteiger partial charge in [0.05, 0.1) is 9.58 Å². The molecule has 5 heteroatoms. The van der Waals surface area contributed by atoms with E-state index in [4.69, 9.17) is 0 Å². The molecule has 3 aliphatic heterocycles. The van der Waals surface area contributed by atoms with Crippen LogP contribution in [0.2, 0.25) is 0 Å². The van der Waals surface area contributed by atoms with Crippen molar-refractivity contribution in [1.82, 2.24) is 10.2 Å². The molecule has 110 valence electrons. The van der Waals surface area contributed by atoms with E-state index < -0.39 is 0 Å². The lowest BCUT2D eigenvalue weighted by atomic mass is 9.84. The standard InChI is InChI=1S/C16H17FN2OS/c17-12-3-1-2-11-8-14(21-15(11)12)16(20)18-13-9-19-6-4-10(13)5-7-19/h1-3,8,10,13H,4-7,9H2,(H,18,20). The van der Waals surface area contributed by atoms with Crippen molar-refractivity contribution >= 4 is 27.3 Å². The van der Waals surface area contributed by atoms with Gasteiger partial charge >= 0.3 is 0 Å². The van der Waals surface area contributed by atoms with Crippen LogP contribution in [0.25, 0.3) is 10.1 Å². The molecule has 21 heavy (non-hydrogen) atoms. The average molecular weight is 304 g/mol. The lowest BCUT2D eigenvalue weighted by Crippen LogP contribution is -2.57. The number of amides is 1. The molecule has 2 bridgehead atoms. The second-order valence-corrected chi connectivity index (χ2v) is 7.04. The second kappa shape index (κ2) is 5.07. The molecule has 3 nitrogen and oxygen atoms in total. The number of carbonyl (C=O) groups excluding carboxylic acids is 1. The summed E-state index contributed by atoms with van der Waals surface area (Å²) < 4.78 is 14.3. The Bertz CT molecular complexity index is 691. The van der Waals surface area contributed by atoms with Gasteiger partial charge in [-0.2, -0.15) is 0 Å². The van der Waals surface area contributed by atoms with Gasteiger partial charge in [-0.3, -0.25) is 4.79 Å². The van der Waals surface area contributed by atoms with Crippen molar-refractivity contribution in [2.75, 3.05) is 19.6 Å². The van der Waals surface area contributed by atoms with Crippen molar-refractivity contribution in [3.63, 3.8) is 0 Å². The van der Waals surface area contributed by atoms with Gasteiger partial charge < -0.3 is 10.2 Å². The van der Waals surface area contributed by atoms with Crippen LogP contribution in [-0.2, 0) is 0 Å². The van der Waals surface area contributed by atoms with Crippen LogP contribution in [0.1, 0.15) is 22.5 Å². The Labute approximate surface area is 126 Å². The van der Waals surface area contributed by atoms with Gasteiger partial charge in [-0.1, -0.05) is 12.1 Å². The van der Waals surface area contributed by atoms with Crippen LogP contribution in [0.5, 0.6) is 0 Å². The van der Waals surface area contributed by atoms with Crippen molar-refractivity contribution in [1.29, 1.82) is 0 Å². The Morgan fingerprint density at radius 3 is 2.81 bits per heavy atom. The lowest BCUT2D eigenvalue weighted by molar-refractivity contribution is 0.0622. The molecule has 5 rings (SSSR count). The fourth-order valence-electron chi connectivity index (χ4n) is 3.51. The van der Waals surface area contributed by atoms with Crippen LogP contribution in [-0.4, -0.2) is 36.5 Å². The van der Waals surface area contributed by atoms with E-state index in [9.17, 15) is 9.18 Å². The number of thiophene rings is 1. The predicted octanol–water partition coefficient (Wildman–Crippen LogP) is 2.86. The molecule has 4 heterocycles. The maximum Gasteiger partial charge on any atom is 0.261 e. The molecule has 1 atom stereocenters. The van der Waals surface area contributed by atoms with E-state index >= 15 is 0 Å². The first-order valence-corrected chi connectivity index (χ1v) is 8.23. The number of hydrogen-bond acceptors (Lipinski definition) is 3. The Kier molecular flexibility index (Phi) is 3.19. The first-order valence-electron chi connectivity index (χ1n) is 7.42. The lowest BCUT2D eigenvalue weighted by Gasteiger charge is -2.44. The van der Waals surface area contributed by atoms with Gasteiger partial charge in [0.1, 0.15) is 5.82 Å². The minimum atomic E-state index is -0.251. The summed E-state index contributed by atoms with van der Waals surface area (Å²) in [5.74, 6) is 0.291. The van der Waals surface area contributed by atoms with Gasteiger partial charge in [-0.25, -0.2) is 4.39 Å². The van der Waals surface area contributed by atoms with Crippen LogP contribution >= 0.6 is 11.3 Å². The van der Waals surface area contributed by atoms with E-state index in [0.717, 1.165) is 25.0 Å². The fourth-order valence-corrected chi connectivity index (χ4v) is 4.48. The average Bonchev–Trinajstić information content (AvgIpc) is 2.94. The van der Waals surface area contributed by atoms with Crippen LogP contribution in [0.15, 0.2) is 24.3 Å². The number of nitrogens with one attached hydrogen (secondary N) is 1. The van der Waals surface area contributed by atoms with Gasteiger partial charge in [0.2, 0.25) is 0 Å². The molecule has 0 aliphatic carbocycles. The van der Waals surface area contributed by atoms with E-state index in [1.807, 2.05) is 6.07 Å². The first kappa shape index (κ1) is 13.2. The highest BCUT2D eigenvalue weighted by Gasteiger charge is 2.35. The molecule has 3 aliphatic rings. The quantitative estimate of drug-likeness (QED) is 0.925. The molecule has 0 spiro atoms. The maximum absolute atomic E-state index is 13.7. The molecule has 0 radical (unpaired) electrons. The first-order chi connectivity index (χ1) is 10.2. The number of rotatable bonds is 2. The number of nitrogens with zero attached hydrogens (tertiary/aromatic N) is 1. The topological polar surface area (TPSA) is 32.3 Å². The van der Waals surface area contributed by atoms with Crippen LogP contribution in [0.3, 0.4) is 0 Å². The number of halogens is 1. The molecular formula is C16H17FN2OS. The van der Waals surface area contributed by atoms with Crippen LogP contribution in [0.4, 0.5) is 4.39 Å². The Morgan fingerprint density at radius 1 is 1.33 bits per heavy atom. The van der Waals surface area contributed by atoms with E-state index in [2.05, 4.69) is 10.2 Å². The second-order valence-electron chi connectivity index (χ2n) is 5.99. The SMILES string of the molecule is O=C(NC1CN2CCC1CC2)c1cc2cccc(F)c2s1. The Balaban J connectivity index is 1.55. The van der Waals surface area contributed by atoms with Crippen LogP contribution < -0.4 is 5.32 Å². The third kappa shape index (κ3) is 2.34. The van der Waals surface area contributed by atoms with Gasteiger partial charge in [0.25, 0.3) is 5.91 Å². The number of benzene rings is 1. The number of fused-ring (bicyclic) bond motifs is 4. The normalized spacial score (nSPS) is 28.0. The highest BCUT2D eigenvalue weighted by Crippen LogP contribution is 2.30. The zero-order valence-electron chi connectivity index (χ0n) is 11.6. The molecule has 2 aromatic rings. The summed E-state index contributed by atoms with van der Waals surface area (Å²) in [6, 6.07) is 7.00. The zero-order chi connectivity index (χ0) is 14.4. The minimum absolute atomic E-state index is 0.0608. The molecule has 1 aromatic carbocycles. The van der Waals surface area contributed by atoms with Crippen molar-refractivity contribution in [3.05, 3.63) is 35.0 Å². The summed E-state index contributed by atoms with van der Waals surface area (Å²) in [5.41, 5.74) is 0. The molecule has 1 unspecified atom stereocenters. The summed E-state index contributed by atoms with van der Waals surface area (Å²) in [7, 11) is 0. The van der Waals surface area contributed by atoms with Crippen molar-refractivity contribution in [3.8, 4) is 0 Å². The van der Waals surface area contributed by atoms with Crippen molar-refractivity contribution in [2.24, 2.45) is 5.92 Å². The minimum Gasteiger partial charge on any atom is -0.347 e. The zero-order valence-corrected chi connectivity index (χ0v) is 12.5. The molecule has 0 saturated carbocycles. The van der Waals surface area contributed by atoms with Gasteiger partial charge in [-0.05, 0) is 49.4 Å². The molecule has 3 saturated heterocycles. The van der Waals surface area contributed by atoms with E-state index in [0.29, 0.717) is 15.5 Å². The summed E-state index contributed by atoms with van der Waals surface area (Å²) in [4.78, 5) is 15.4. The van der Waals surface area contributed by atoms with Gasteiger partial charge in [0.15, 0.2) is 0 Å². The molecule has 1 amide bonds. The molecule has 3 fully saturated rings. The number of hydrogen-bond donors (Lipinski definition) is 1. The highest BCUT2D eigenvalue weighted by atomic mass is 32.1. The molecular weight excluding hydrogens is 287 g/mol. The van der Waals surface area contributed by atoms with E-state index in [1.165, 1.54) is 30.2 Å². The Morgan fingerprint density at radius 2 is 2.14 bits per heavy atom. The highest BCUT2D eigenvalue weighted by molar-refractivity contribution is 7.20. The van der Waals surface area contributed by atoms with Crippen molar-refractivity contribution in [2.45, 2.75) is 18.9 Å². The predicted molar refractivity (Wildman–Crippen MR) is 82.2 cm³/mol. The third-order valence-corrected chi connectivity index (χ3v) is 5.85. The van der Waals surface area contributed by atoms with Gasteiger partial charge in [-0.15, -0.1) is 11.3 Å². The summed E-state index contributed by atoms with van der Waals surface area (Å²) in [5, 5.41) is 3.96. The fraction of sp³-hybridized carbons (Fsp3) is 0.438. The van der Waals surface area contributed by atoms with Crippen molar-refractivity contribution < 1.29 is 9.18 Å². The molecule has 1 aromatic heterocycles.